The summed E-state index contributed by atoms with van der Waals surface area (Å²) in [6, 6.07) is 25.1. The highest BCUT2D eigenvalue weighted by Crippen LogP contribution is 2.21. The minimum atomic E-state index is -0.300. The SMILES string of the molecule is CCCCCCCCCCCCCCCc1cccc(C(=O)Nc2nc(NC(=O)c3cccc(CCCCCCCCCCCCCCC)c3)nc(-c3ccccc3)n2)c1. The molecule has 1 heterocycles. The van der Waals surface area contributed by atoms with Gasteiger partial charge in [-0.05, 0) is 61.1 Å². The van der Waals surface area contributed by atoms with Crippen molar-refractivity contribution >= 4 is 23.7 Å². The molecule has 4 rings (SSSR count). The van der Waals surface area contributed by atoms with Crippen LogP contribution in [0.15, 0.2) is 78.9 Å². The monoisotopic (exact) mass is 816 g/mol. The summed E-state index contributed by atoms with van der Waals surface area (Å²) in [6.07, 6.45) is 36.4. The van der Waals surface area contributed by atoms with E-state index in [1.54, 1.807) is 0 Å². The van der Waals surface area contributed by atoms with Gasteiger partial charge in [0.1, 0.15) is 0 Å². The van der Waals surface area contributed by atoms with Gasteiger partial charge in [-0.2, -0.15) is 15.0 Å². The minimum absolute atomic E-state index is 0.0854. The van der Waals surface area contributed by atoms with E-state index < -0.39 is 0 Å². The molecule has 0 unspecified atom stereocenters. The Morgan fingerprint density at radius 2 is 0.750 bits per heavy atom. The van der Waals surface area contributed by atoms with Crippen LogP contribution in [-0.4, -0.2) is 26.8 Å². The van der Waals surface area contributed by atoms with Crippen LogP contribution in [0.25, 0.3) is 11.4 Å². The lowest BCUT2D eigenvalue weighted by Gasteiger charge is -2.11. The number of nitrogens with one attached hydrogen (secondary N) is 2. The Morgan fingerprint density at radius 1 is 0.400 bits per heavy atom. The Morgan fingerprint density at radius 3 is 1.12 bits per heavy atom. The van der Waals surface area contributed by atoms with Crippen molar-refractivity contribution in [1.82, 2.24) is 15.0 Å². The maximum Gasteiger partial charge on any atom is 0.258 e. The van der Waals surface area contributed by atoms with Crippen LogP contribution >= 0.6 is 0 Å². The number of rotatable bonds is 33. The number of carbonyl (C=O) groups excluding carboxylic acids is 2. The van der Waals surface area contributed by atoms with Gasteiger partial charge in [0.05, 0.1) is 0 Å². The standard InChI is InChI=1S/C53H77N5O2/c1-3-5-7-9-11-13-15-17-19-21-23-25-28-34-44-36-32-40-47(42-44)50(59)56-52-54-49(46-38-30-27-31-39-46)55-53(58-52)57-51(60)48-41-33-37-45(43-48)35-29-26-24-22-20-18-16-14-12-10-8-6-4-2/h27,30-33,36-43H,3-26,28-29,34-35H2,1-2H3,(H2,54,55,56,57,58,59,60). The zero-order valence-electron chi connectivity index (χ0n) is 37.5. The number of hydrogen-bond donors (Lipinski definition) is 2. The van der Waals surface area contributed by atoms with Gasteiger partial charge in [-0.1, -0.05) is 223 Å². The molecular formula is C53H77N5O2. The van der Waals surface area contributed by atoms with Crippen molar-refractivity contribution < 1.29 is 9.59 Å². The van der Waals surface area contributed by atoms with E-state index in [9.17, 15) is 9.59 Å². The third-order valence-electron chi connectivity index (χ3n) is 11.6. The summed E-state index contributed by atoms with van der Waals surface area (Å²) < 4.78 is 0. The molecule has 2 N–H and O–H groups in total. The second-order valence-corrected chi connectivity index (χ2v) is 17.0. The van der Waals surface area contributed by atoms with Crippen LogP contribution in [0.4, 0.5) is 11.9 Å². The largest absolute Gasteiger partial charge is 0.290 e. The first-order chi connectivity index (χ1) is 29.6. The first-order valence-corrected chi connectivity index (χ1v) is 24.2. The van der Waals surface area contributed by atoms with Crippen LogP contribution in [0, 0.1) is 0 Å². The number of anilines is 2. The Bertz CT molecular complexity index is 1650. The van der Waals surface area contributed by atoms with E-state index in [4.69, 9.17) is 0 Å². The van der Waals surface area contributed by atoms with E-state index in [1.165, 1.54) is 154 Å². The summed E-state index contributed by atoms with van der Waals surface area (Å²) in [7, 11) is 0. The zero-order valence-corrected chi connectivity index (χ0v) is 37.5. The van der Waals surface area contributed by atoms with E-state index in [2.05, 4.69) is 51.6 Å². The van der Waals surface area contributed by atoms with Crippen LogP contribution in [-0.2, 0) is 12.8 Å². The summed E-state index contributed by atoms with van der Waals surface area (Å²) in [5.41, 5.74) is 4.15. The summed E-state index contributed by atoms with van der Waals surface area (Å²) >= 11 is 0. The molecule has 2 amide bonds. The second-order valence-electron chi connectivity index (χ2n) is 17.0. The molecule has 0 aliphatic carbocycles. The van der Waals surface area contributed by atoms with Gasteiger partial charge in [0.2, 0.25) is 11.9 Å². The van der Waals surface area contributed by atoms with E-state index >= 15 is 0 Å². The number of aromatic nitrogens is 3. The van der Waals surface area contributed by atoms with Crippen molar-refractivity contribution in [1.29, 1.82) is 0 Å². The minimum Gasteiger partial charge on any atom is -0.290 e. The van der Waals surface area contributed by atoms with Crippen molar-refractivity contribution in [3.63, 3.8) is 0 Å². The number of hydrogen-bond acceptors (Lipinski definition) is 5. The summed E-state index contributed by atoms with van der Waals surface area (Å²) in [5.74, 6) is -0.0657. The number of amides is 2. The van der Waals surface area contributed by atoms with Gasteiger partial charge in [-0.3, -0.25) is 20.2 Å². The number of nitrogens with zero attached hydrogens (tertiary/aromatic N) is 3. The van der Waals surface area contributed by atoms with Crippen molar-refractivity contribution in [3.8, 4) is 11.4 Å². The van der Waals surface area contributed by atoms with Crippen molar-refractivity contribution in [3.05, 3.63) is 101 Å². The van der Waals surface area contributed by atoms with Gasteiger partial charge < -0.3 is 0 Å². The van der Waals surface area contributed by atoms with E-state index in [0.29, 0.717) is 17.0 Å². The molecule has 3 aromatic carbocycles. The van der Waals surface area contributed by atoms with Gasteiger partial charge in [0, 0.05) is 16.7 Å². The van der Waals surface area contributed by atoms with Gasteiger partial charge in [-0.25, -0.2) is 0 Å². The number of aryl methyl sites for hydroxylation is 2. The predicted molar refractivity (Wildman–Crippen MR) is 253 cm³/mol. The molecule has 0 spiro atoms. The van der Waals surface area contributed by atoms with Crippen LogP contribution in [0.5, 0.6) is 0 Å². The zero-order chi connectivity index (χ0) is 42.3. The van der Waals surface area contributed by atoms with Crippen molar-refractivity contribution in [2.24, 2.45) is 0 Å². The lowest BCUT2D eigenvalue weighted by molar-refractivity contribution is 0.101. The molecule has 60 heavy (non-hydrogen) atoms. The van der Waals surface area contributed by atoms with Crippen LogP contribution in [0.3, 0.4) is 0 Å². The van der Waals surface area contributed by atoms with E-state index in [0.717, 1.165) is 42.4 Å². The predicted octanol–water partition coefficient (Wildman–Crippen LogP) is 15.3. The lowest BCUT2D eigenvalue weighted by atomic mass is 10.0. The first-order valence-electron chi connectivity index (χ1n) is 24.2. The average molecular weight is 816 g/mol. The molecule has 326 valence electrons. The Balaban J connectivity index is 1.23. The fraction of sp³-hybridized carbons (Fsp3) is 0.566. The molecule has 0 aliphatic heterocycles. The van der Waals surface area contributed by atoms with Crippen LogP contribution in [0.2, 0.25) is 0 Å². The fourth-order valence-corrected chi connectivity index (χ4v) is 7.98. The molecule has 0 atom stereocenters. The van der Waals surface area contributed by atoms with Crippen molar-refractivity contribution in [2.45, 2.75) is 194 Å². The number of benzene rings is 3. The lowest BCUT2D eigenvalue weighted by Crippen LogP contribution is -2.19. The van der Waals surface area contributed by atoms with E-state index in [-0.39, 0.29) is 23.7 Å². The van der Waals surface area contributed by atoms with Gasteiger partial charge >= 0.3 is 0 Å². The highest BCUT2D eigenvalue weighted by molar-refractivity contribution is 6.05. The number of unbranched alkanes of at least 4 members (excludes halogenated alkanes) is 24. The maximum absolute atomic E-state index is 13.5. The summed E-state index contributed by atoms with van der Waals surface area (Å²) in [4.78, 5) is 40.7. The fourth-order valence-electron chi connectivity index (χ4n) is 7.98. The van der Waals surface area contributed by atoms with E-state index in [1.807, 2.05) is 66.7 Å². The van der Waals surface area contributed by atoms with Crippen LogP contribution < -0.4 is 10.6 Å². The molecule has 0 radical (unpaired) electrons. The highest BCUT2D eigenvalue weighted by atomic mass is 16.2. The van der Waals surface area contributed by atoms with Crippen LogP contribution in [0.1, 0.15) is 213 Å². The second kappa shape index (κ2) is 30.6. The Labute approximate surface area is 363 Å². The Hall–Kier alpha value is -4.39. The molecule has 4 aromatic rings. The molecule has 0 aliphatic rings. The smallest absolute Gasteiger partial charge is 0.258 e. The quantitative estimate of drug-likeness (QED) is 0.0467. The third-order valence-corrected chi connectivity index (χ3v) is 11.6. The molecule has 0 saturated heterocycles. The van der Waals surface area contributed by atoms with Gasteiger partial charge in [0.25, 0.3) is 11.8 Å². The topological polar surface area (TPSA) is 96.9 Å². The number of carbonyl (C=O) groups is 2. The molecule has 0 bridgehead atoms. The maximum atomic E-state index is 13.5. The third kappa shape index (κ3) is 20.2. The van der Waals surface area contributed by atoms with Gasteiger partial charge in [-0.15, -0.1) is 0 Å². The molecule has 7 nitrogen and oxygen atoms in total. The molecule has 0 fully saturated rings. The summed E-state index contributed by atoms with van der Waals surface area (Å²) in [5, 5.41) is 5.76. The molecule has 1 aromatic heterocycles. The summed E-state index contributed by atoms with van der Waals surface area (Å²) in [6.45, 7) is 4.55. The molecular weight excluding hydrogens is 739 g/mol. The first kappa shape index (κ1) is 48.3. The molecule has 7 heteroatoms. The van der Waals surface area contributed by atoms with Crippen molar-refractivity contribution in [2.75, 3.05) is 10.6 Å². The molecule has 0 saturated carbocycles. The highest BCUT2D eigenvalue weighted by Gasteiger charge is 2.16. The van der Waals surface area contributed by atoms with Gasteiger partial charge in [0.15, 0.2) is 5.82 Å². The average Bonchev–Trinajstić information content (AvgIpc) is 3.27. The Kier molecular flexibility index (Phi) is 24.6. The normalized spacial score (nSPS) is 11.2.